The molecule has 0 heterocycles. The molecule has 2 aliphatic rings. The summed E-state index contributed by atoms with van der Waals surface area (Å²) >= 11 is 0. The minimum Gasteiger partial charge on any atom is -0.857 e. The van der Waals surface area contributed by atoms with E-state index in [-0.39, 0.29) is 21.7 Å². The summed E-state index contributed by atoms with van der Waals surface area (Å²) in [6, 6.07) is 2.52. The van der Waals surface area contributed by atoms with E-state index < -0.39 is 0 Å². The van der Waals surface area contributed by atoms with Crippen molar-refractivity contribution in [3.63, 3.8) is 0 Å². The second-order valence-corrected chi connectivity index (χ2v) is 4.57. The summed E-state index contributed by atoms with van der Waals surface area (Å²) in [4.78, 5) is 0. The summed E-state index contributed by atoms with van der Waals surface area (Å²) in [5.41, 5.74) is 6.94. The largest absolute Gasteiger partial charge is 4.00 e. The van der Waals surface area contributed by atoms with E-state index >= 15 is 0 Å². The molecule has 3 nitrogen and oxygen atoms in total. The van der Waals surface area contributed by atoms with E-state index in [1.807, 2.05) is 0 Å². The molecule has 3 rings (SSSR count). The Balaban J connectivity index is 0. The average molecular weight is 314 g/mol. The molecule has 1 aromatic carbocycles. The molecule has 0 bridgehead atoms. The van der Waals surface area contributed by atoms with Crippen LogP contribution in [-0.2, 0) is 47.4 Å². The van der Waals surface area contributed by atoms with Gasteiger partial charge < -0.3 is 15.3 Å². The van der Waals surface area contributed by atoms with Gasteiger partial charge in [-0.15, -0.1) is 0 Å². The van der Waals surface area contributed by atoms with Crippen molar-refractivity contribution in [2.75, 3.05) is 21.3 Å². The van der Waals surface area contributed by atoms with Crippen LogP contribution in [0.5, 0.6) is 0 Å². The summed E-state index contributed by atoms with van der Waals surface area (Å²) in [6.45, 7) is 0. The van der Waals surface area contributed by atoms with Crippen molar-refractivity contribution in [1.29, 1.82) is 0 Å². The quantitative estimate of drug-likeness (QED) is 0.503. The molecule has 0 spiro atoms. The van der Waals surface area contributed by atoms with Gasteiger partial charge in [0, 0.05) is 0 Å². The zero-order chi connectivity index (χ0) is 14.7. The summed E-state index contributed by atoms with van der Waals surface area (Å²) in [5.74, 6) is 0. The molecule has 0 N–H and O–H groups in total. The normalized spacial score (nSPS) is 14.5. The van der Waals surface area contributed by atoms with Gasteiger partial charge in [-0.2, -0.15) is 49.6 Å². The standard InChI is InChI=1S/C13H17.3CH3O.Ti/c1-3-7-12-10(5-1)9-11-6-2-4-8-13(11)12;3*1-2;/h9H,1-8H2;3*1H3;/q4*-1;+4. The molecule has 0 unspecified atom stereocenters. The number of hydrogen-bond acceptors (Lipinski definition) is 3. The van der Waals surface area contributed by atoms with Gasteiger partial charge in [0.05, 0.1) is 0 Å². The van der Waals surface area contributed by atoms with Crippen LogP contribution in [-0.4, -0.2) is 21.3 Å². The van der Waals surface area contributed by atoms with Crippen molar-refractivity contribution >= 4 is 0 Å². The van der Waals surface area contributed by atoms with Gasteiger partial charge in [0.1, 0.15) is 0 Å². The van der Waals surface area contributed by atoms with Gasteiger partial charge in [0.25, 0.3) is 0 Å². The maximum atomic E-state index is 8.25. The van der Waals surface area contributed by atoms with E-state index in [2.05, 4.69) is 6.07 Å². The molecule has 0 saturated heterocycles. The second-order valence-electron chi connectivity index (χ2n) is 4.57. The van der Waals surface area contributed by atoms with Crippen LogP contribution in [0.2, 0.25) is 0 Å². The SMILES string of the molecule is C[O-].C[O-].C[O-].[Ti+4].[cH-]1c2c(c3c1CCCC3)CCCC2. The van der Waals surface area contributed by atoms with Crippen LogP contribution in [0.4, 0.5) is 0 Å². The molecule has 2 aliphatic carbocycles. The molecule has 0 amide bonds. The second kappa shape index (κ2) is 13.9. The monoisotopic (exact) mass is 314 g/mol. The maximum Gasteiger partial charge on any atom is 4.00 e. The Bertz CT molecular complexity index is 304. The van der Waals surface area contributed by atoms with Crippen molar-refractivity contribution in [2.45, 2.75) is 51.4 Å². The van der Waals surface area contributed by atoms with E-state index in [9.17, 15) is 0 Å². The van der Waals surface area contributed by atoms with E-state index in [0.717, 1.165) is 21.3 Å². The molecule has 0 radical (unpaired) electrons. The topological polar surface area (TPSA) is 69.2 Å². The molecule has 0 aromatic heterocycles. The number of aryl methyl sites for hydroxylation is 2. The van der Waals surface area contributed by atoms with Crippen LogP contribution in [0, 0.1) is 0 Å². The van der Waals surface area contributed by atoms with Crippen LogP contribution in [0.1, 0.15) is 47.9 Å². The molecule has 0 aliphatic heterocycles. The van der Waals surface area contributed by atoms with Gasteiger partial charge >= 0.3 is 21.7 Å². The third-order valence-corrected chi connectivity index (χ3v) is 3.73. The van der Waals surface area contributed by atoms with E-state index in [0.29, 0.717) is 0 Å². The third kappa shape index (κ3) is 5.75. The van der Waals surface area contributed by atoms with Crippen LogP contribution in [0.15, 0.2) is 6.07 Å². The summed E-state index contributed by atoms with van der Waals surface area (Å²) in [5, 5.41) is 24.8. The summed E-state index contributed by atoms with van der Waals surface area (Å²) in [7, 11) is 2.25. The first kappa shape index (κ1) is 22.2. The number of hydrogen-bond donors (Lipinski definition) is 0. The first-order valence-electron chi connectivity index (χ1n) is 6.97. The Morgan fingerprint density at radius 1 is 0.600 bits per heavy atom. The van der Waals surface area contributed by atoms with Crippen LogP contribution in [0.3, 0.4) is 0 Å². The molecule has 0 fully saturated rings. The number of fused-ring (bicyclic) bond motifs is 3. The number of rotatable bonds is 0. The molecule has 4 heteroatoms. The molecular weight excluding hydrogens is 288 g/mol. The predicted molar refractivity (Wildman–Crippen MR) is 73.1 cm³/mol. The van der Waals surface area contributed by atoms with E-state index in [4.69, 9.17) is 15.3 Å². The molecule has 20 heavy (non-hydrogen) atoms. The summed E-state index contributed by atoms with van der Waals surface area (Å²) < 4.78 is 0. The zero-order valence-electron chi connectivity index (χ0n) is 13.0. The van der Waals surface area contributed by atoms with Crippen molar-refractivity contribution in [1.82, 2.24) is 0 Å². The van der Waals surface area contributed by atoms with Crippen molar-refractivity contribution in [3.05, 3.63) is 28.3 Å². The molecule has 0 saturated carbocycles. The van der Waals surface area contributed by atoms with Gasteiger partial charge in [-0.25, -0.2) is 0 Å². The van der Waals surface area contributed by atoms with Crippen LogP contribution < -0.4 is 15.3 Å². The molecule has 1 aromatic rings. The molecule has 112 valence electrons. The third-order valence-electron chi connectivity index (χ3n) is 3.73. The van der Waals surface area contributed by atoms with Gasteiger partial charge in [-0.1, -0.05) is 51.4 Å². The molecule has 0 atom stereocenters. The van der Waals surface area contributed by atoms with Gasteiger partial charge in [-0.05, 0) is 0 Å². The zero-order valence-corrected chi connectivity index (χ0v) is 14.5. The van der Waals surface area contributed by atoms with Crippen LogP contribution >= 0.6 is 0 Å². The van der Waals surface area contributed by atoms with Gasteiger partial charge in [0.15, 0.2) is 0 Å². The average Bonchev–Trinajstić information content (AvgIpc) is 2.92. The Morgan fingerprint density at radius 2 is 0.900 bits per heavy atom. The van der Waals surface area contributed by atoms with Gasteiger partial charge in [-0.3, -0.25) is 0 Å². The fourth-order valence-corrected chi connectivity index (χ4v) is 3.08. The van der Waals surface area contributed by atoms with Gasteiger partial charge in [0.2, 0.25) is 0 Å². The fourth-order valence-electron chi connectivity index (χ4n) is 3.08. The van der Waals surface area contributed by atoms with E-state index in [1.165, 1.54) is 51.4 Å². The minimum atomic E-state index is 0. The Morgan fingerprint density at radius 3 is 1.25 bits per heavy atom. The van der Waals surface area contributed by atoms with Crippen molar-refractivity contribution < 1.29 is 37.0 Å². The smallest absolute Gasteiger partial charge is 0.857 e. The maximum absolute atomic E-state index is 8.25. The first-order valence-corrected chi connectivity index (χ1v) is 6.97. The van der Waals surface area contributed by atoms with E-state index in [1.54, 1.807) is 22.3 Å². The predicted octanol–water partition coefficient (Wildman–Crippen LogP) is 0.0901. The Labute approximate surface area is 138 Å². The molecular formula is C16H26O3Ti. The fraction of sp³-hybridized carbons (Fsp3) is 0.688. The summed E-state index contributed by atoms with van der Waals surface area (Å²) in [6.07, 6.45) is 11.2. The Kier molecular flexibility index (Phi) is 15.5. The van der Waals surface area contributed by atoms with Crippen molar-refractivity contribution in [2.24, 2.45) is 0 Å². The van der Waals surface area contributed by atoms with Crippen LogP contribution in [0.25, 0.3) is 0 Å². The first-order chi connectivity index (χ1) is 9.45. The Hall–Kier alpha value is -0.0557. The minimum absolute atomic E-state index is 0. The van der Waals surface area contributed by atoms with Crippen molar-refractivity contribution in [3.8, 4) is 0 Å².